The van der Waals surface area contributed by atoms with Crippen molar-refractivity contribution in [2.75, 3.05) is 0 Å². The Morgan fingerprint density at radius 3 is 2.67 bits per heavy atom. The van der Waals surface area contributed by atoms with E-state index in [0.29, 0.717) is 5.56 Å². The molecule has 0 aromatic heterocycles. The van der Waals surface area contributed by atoms with Crippen LogP contribution in [-0.2, 0) is 4.79 Å². The lowest BCUT2D eigenvalue weighted by atomic mass is 9.89. The molecule has 0 aliphatic heterocycles. The van der Waals surface area contributed by atoms with Crippen LogP contribution in [0.3, 0.4) is 0 Å². The van der Waals surface area contributed by atoms with Gasteiger partial charge < -0.3 is 5.73 Å². The minimum Gasteiger partial charge on any atom is -0.369 e. The van der Waals surface area contributed by atoms with E-state index in [0.717, 1.165) is 12.0 Å². The molecule has 1 aromatic rings. The van der Waals surface area contributed by atoms with Gasteiger partial charge in [0.05, 0.1) is 0 Å². The van der Waals surface area contributed by atoms with E-state index in [9.17, 15) is 9.59 Å². The zero-order valence-corrected chi connectivity index (χ0v) is 8.57. The van der Waals surface area contributed by atoms with E-state index in [-0.39, 0.29) is 11.7 Å². The lowest BCUT2D eigenvalue weighted by Crippen LogP contribution is -2.30. The summed E-state index contributed by atoms with van der Waals surface area (Å²) in [6.45, 7) is 1.97. The second-order valence-electron chi connectivity index (χ2n) is 3.85. The highest BCUT2D eigenvalue weighted by molar-refractivity contribution is 6.14. The fourth-order valence-corrected chi connectivity index (χ4v) is 2.36. The highest BCUT2D eigenvalue weighted by Gasteiger charge is 2.41. The largest absolute Gasteiger partial charge is 0.369 e. The molecule has 0 spiro atoms. The number of fused-ring (bicyclic) bond motifs is 1. The third kappa shape index (κ3) is 1.35. The number of carbonyl (C=O) groups is 2. The minimum absolute atomic E-state index is 0.0359. The molecular formula is C12H13NO2. The van der Waals surface area contributed by atoms with Gasteiger partial charge in [-0.15, -0.1) is 0 Å². The summed E-state index contributed by atoms with van der Waals surface area (Å²) in [5.74, 6) is -1.33. The molecule has 0 saturated heterocycles. The van der Waals surface area contributed by atoms with Crippen LogP contribution in [0, 0.1) is 5.92 Å². The Kier molecular flexibility index (Phi) is 2.31. The molecule has 2 rings (SSSR count). The lowest BCUT2D eigenvalue weighted by Gasteiger charge is -2.13. The first-order valence-electron chi connectivity index (χ1n) is 5.09. The van der Waals surface area contributed by atoms with Crippen molar-refractivity contribution in [3.8, 4) is 0 Å². The number of nitrogens with two attached hydrogens (primary N) is 1. The van der Waals surface area contributed by atoms with Crippen LogP contribution >= 0.6 is 0 Å². The van der Waals surface area contributed by atoms with Gasteiger partial charge in [-0.3, -0.25) is 9.59 Å². The quantitative estimate of drug-likeness (QED) is 0.740. The van der Waals surface area contributed by atoms with E-state index in [1.807, 2.05) is 25.1 Å². The molecule has 1 aliphatic carbocycles. The molecule has 0 saturated carbocycles. The normalized spacial score (nSPS) is 23.9. The van der Waals surface area contributed by atoms with Crippen molar-refractivity contribution in [3.05, 3.63) is 35.4 Å². The number of carbonyl (C=O) groups excluding carboxylic acids is 2. The summed E-state index contributed by atoms with van der Waals surface area (Å²) < 4.78 is 0. The summed E-state index contributed by atoms with van der Waals surface area (Å²) in [6, 6.07) is 7.37. The van der Waals surface area contributed by atoms with Gasteiger partial charge in [-0.25, -0.2) is 0 Å². The highest BCUT2D eigenvalue weighted by atomic mass is 16.2. The van der Waals surface area contributed by atoms with E-state index in [4.69, 9.17) is 5.73 Å². The van der Waals surface area contributed by atoms with Gasteiger partial charge in [0.1, 0.15) is 5.92 Å². The Balaban J connectivity index is 2.53. The zero-order valence-electron chi connectivity index (χ0n) is 8.57. The molecule has 0 heterocycles. The number of hydrogen-bond donors (Lipinski definition) is 1. The maximum absolute atomic E-state index is 11.9. The first-order chi connectivity index (χ1) is 7.16. The van der Waals surface area contributed by atoms with E-state index in [2.05, 4.69) is 0 Å². The Labute approximate surface area is 88.3 Å². The maximum atomic E-state index is 11.9. The third-order valence-electron chi connectivity index (χ3n) is 3.06. The fraction of sp³-hybridized carbons (Fsp3) is 0.333. The van der Waals surface area contributed by atoms with Gasteiger partial charge in [-0.05, 0) is 12.0 Å². The van der Waals surface area contributed by atoms with Gasteiger partial charge in [-0.1, -0.05) is 31.2 Å². The molecule has 2 N–H and O–H groups in total. The summed E-state index contributed by atoms with van der Waals surface area (Å²) in [4.78, 5) is 23.2. The Bertz CT molecular complexity index is 425. The predicted octanol–water partition coefficient (Wildman–Crippen LogP) is 1.48. The van der Waals surface area contributed by atoms with Gasteiger partial charge in [-0.2, -0.15) is 0 Å². The molecule has 78 valence electrons. The summed E-state index contributed by atoms with van der Waals surface area (Å²) in [5.41, 5.74) is 6.90. The molecule has 0 fully saturated rings. The molecule has 1 aromatic carbocycles. The van der Waals surface area contributed by atoms with Gasteiger partial charge in [0, 0.05) is 11.5 Å². The molecule has 0 unspecified atom stereocenters. The number of primary amides is 1. The SMILES string of the molecule is CC[C@H]1c2ccccc2C(=O)[C@H]1C(N)=O. The fourth-order valence-electron chi connectivity index (χ4n) is 2.36. The van der Waals surface area contributed by atoms with Crippen molar-refractivity contribution in [3.63, 3.8) is 0 Å². The van der Waals surface area contributed by atoms with Crippen molar-refractivity contribution < 1.29 is 9.59 Å². The topological polar surface area (TPSA) is 60.2 Å². The Morgan fingerprint density at radius 2 is 2.07 bits per heavy atom. The second-order valence-corrected chi connectivity index (χ2v) is 3.85. The molecule has 0 bridgehead atoms. The first-order valence-corrected chi connectivity index (χ1v) is 5.09. The van der Waals surface area contributed by atoms with Crippen LogP contribution in [0.5, 0.6) is 0 Å². The number of benzene rings is 1. The predicted molar refractivity (Wildman–Crippen MR) is 56.5 cm³/mol. The number of amides is 1. The van der Waals surface area contributed by atoms with Crippen molar-refractivity contribution >= 4 is 11.7 Å². The standard InChI is InChI=1S/C12H13NO2/c1-2-7-8-5-3-4-6-9(8)11(14)10(7)12(13)15/h3-7,10H,2H2,1H3,(H2,13,15)/t7-,10-/m0/s1. The van der Waals surface area contributed by atoms with Crippen LogP contribution < -0.4 is 5.73 Å². The van der Waals surface area contributed by atoms with E-state index < -0.39 is 11.8 Å². The molecular weight excluding hydrogens is 190 g/mol. The first kappa shape index (κ1) is 9.90. The van der Waals surface area contributed by atoms with Crippen molar-refractivity contribution in [2.45, 2.75) is 19.3 Å². The van der Waals surface area contributed by atoms with Crippen LogP contribution in [0.15, 0.2) is 24.3 Å². The number of rotatable bonds is 2. The van der Waals surface area contributed by atoms with Gasteiger partial charge in [0.2, 0.25) is 5.91 Å². The highest BCUT2D eigenvalue weighted by Crippen LogP contribution is 2.39. The third-order valence-corrected chi connectivity index (χ3v) is 3.06. The van der Waals surface area contributed by atoms with Crippen molar-refractivity contribution in [1.29, 1.82) is 0 Å². The smallest absolute Gasteiger partial charge is 0.229 e. The van der Waals surface area contributed by atoms with E-state index in [1.54, 1.807) is 6.07 Å². The van der Waals surface area contributed by atoms with Crippen LogP contribution in [0.25, 0.3) is 0 Å². The summed E-state index contributed by atoms with van der Waals surface area (Å²) in [6.07, 6.45) is 0.760. The van der Waals surface area contributed by atoms with Crippen molar-refractivity contribution in [1.82, 2.24) is 0 Å². The van der Waals surface area contributed by atoms with Gasteiger partial charge in [0.25, 0.3) is 0 Å². The van der Waals surface area contributed by atoms with Gasteiger partial charge >= 0.3 is 0 Å². The zero-order chi connectivity index (χ0) is 11.0. The Morgan fingerprint density at radius 1 is 1.40 bits per heavy atom. The molecule has 3 nitrogen and oxygen atoms in total. The van der Waals surface area contributed by atoms with E-state index in [1.165, 1.54) is 0 Å². The summed E-state index contributed by atoms with van der Waals surface area (Å²) in [5, 5.41) is 0. The van der Waals surface area contributed by atoms with Crippen LogP contribution in [0.1, 0.15) is 35.2 Å². The molecule has 2 atom stereocenters. The average molecular weight is 203 g/mol. The molecule has 1 amide bonds. The van der Waals surface area contributed by atoms with Crippen LogP contribution in [0.4, 0.5) is 0 Å². The van der Waals surface area contributed by atoms with Crippen LogP contribution in [-0.4, -0.2) is 11.7 Å². The molecule has 15 heavy (non-hydrogen) atoms. The van der Waals surface area contributed by atoms with Crippen molar-refractivity contribution in [2.24, 2.45) is 11.7 Å². The number of ketones is 1. The minimum atomic E-state index is -0.660. The summed E-state index contributed by atoms with van der Waals surface area (Å²) >= 11 is 0. The Hall–Kier alpha value is -1.64. The van der Waals surface area contributed by atoms with Gasteiger partial charge in [0.15, 0.2) is 5.78 Å². The number of hydrogen-bond acceptors (Lipinski definition) is 2. The monoisotopic (exact) mass is 203 g/mol. The van der Waals surface area contributed by atoms with Crippen LogP contribution in [0.2, 0.25) is 0 Å². The molecule has 3 heteroatoms. The lowest BCUT2D eigenvalue weighted by molar-refractivity contribution is -0.120. The second kappa shape index (κ2) is 3.50. The average Bonchev–Trinajstić information content (AvgIpc) is 2.52. The molecule has 0 radical (unpaired) electrons. The maximum Gasteiger partial charge on any atom is 0.229 e. The summed E-state index contributed by atoms with van der Waals surface area (Å²) in [7, 11) is 0. The number of Topliss-reactive ketones (excluding diaryl/α,β-unsaturated/α-hetero) is 1. The van der Waals surface area contributed by atoms with E-state index >= 15 is 0 Å². The molecule has 1 aliphatic rings.